The van der Waals surface area contributed by atoms with Gasteiger partial charge in [-0.15, -0.1) is 0 Å². The highest BCUT2D eigenvalue weighted by molar-refractivity contribution is 9.09. The second-order valence-corrected chi connectivity index (χ2v) is 11.3. The Morgan fingerprint density at radius 1 is 1.00 bits per heavy atom. The van der Waals surface area contributed by atoms with E-state index in [1.165, 1.54) is 38.5 Å². The molecule has 0 aliphatic heterocycles. The summed E-state index contributed by atoms with van der Waals surface area (Å²) in [6.07, 6.45) is 9.89. The second-order valence-electron chi connectivity index (χ2n) is 10.8. The molecule has 0 radical (unpaired) electrons. The van der Waals surface area contributed by atoms with Crippen molar-refractivity contribution in [2.45, 2.75) is 70.8 Å². The van der Waals surface area contributed by atoms with Gasteiger partial charge in [-0.1, -0.05) is 22.9 Å². The van der Waals surface area contributed by atoms with Crippen LogP contribution < -0.4 is 0 Å². The molecule has 5 aliphatic carbocycles. The van der Waals surface area contributed by atoms with Crippen molar-refractivity contribution in [1.82, 2.24) is 0 Å². The Bertz CT molecular complexity index is 587. The molecular formula is C22H33BrO2. The monoisotopic (exact) mass is 408 g/mol. The first-order valence-electron chi connectivity index (χ1n) is 10.7. The smallest absolute Gasteiger partial charge is 0.147 e. The predicted octanol–water partition coefficient (Wildman–Crippen LogP) is 4.83. The molecule has 1 unspecified atom stereocenters. The minimum atomic E-state index is -0.417. The molecule has 0 amide bonds. The first kappa shape index (κ1) is 17.2. The molecule has 5 fully saturated rings. The quantitative estimate of drug-likeness (QED) is 0.664. The van der Waals surface area contributed by atoms with Gasteiger partial charge in [-0.2, -0.15) is 0 Å². The lowest BCUT2D eigenvalue weighted by molar-refractivity contribution is -0.133. The summed E-state index contributed by atoms with van der Waals surface area (Å²) in [7, 11) is 0. The molecule has 0 aromatic rings. The normalized spacial score (nSPS) is 59.4. The molecule has 0 bridgehead atoms. The Morgan fingerprint density at radius 2 is 1.76 bits per heavy atom. The molecule has 1 N–H and O–H groups in total. The van der Waals surface area contributed by atoms with E-state index in [0.717, 1.165) is 48.3 Å². The van der Waals surface area contributed by atoms with Crippen LogP contribution in [-0.2, 0) is 4.79 Å². The van der Waals surface area contributed by atoms with Crippen LogP contribution in [0.15, 0.2) is 0 Å². The molecule has 0 aromatic carbocycles. The van der Waals surface area contributed by atoms with E-state index in [-0.39, 0.29) is 5.41 Å². The highest BCUT2D eigenvalue weighted by atomic mass is 79.9. The highest BCUT2D eigenvalue weighted by Gasteiger charge is 2.70. The largest absolute Gasteiger partial charge is 0.390 e. The van der Waals surface area contributed by atoms with Gasteiger partial charge in [0.25, 0.3) is 0 Å². The van der Waals surface area contributed by atoms with Crippen LogP contribution in [0.4, 0.5) is 0 Å². The lowest BCUT2D eigenvalue weighted by Crippen LogP contribution is -2.52. The zero-order valence-electron chi connectivity index (χ0n) is 15.7. The summed E-state index contributed by atoms with van der Waals surface area (Å²) < 4.78 is 0. The van der Waals surface area contributed by atoms with Crippen LogP contribution in [0.5, 0.6) is 0 Å². The highest BCUT2D eigenvalue weighted by Crippen LogP contribution is 2.74. The van der Waals surface area contributed by atoms with Crippen LogP contribution in [0.1, 0.15) is 65.2 Å². The van der Waals surface area contributed by atoms with Crippen molar-refractivity contribution in [2.75, 3.05) is 5.33 Å². The van der Waals surface area contributed by atoms with Crippen molar-refractivity contribution in [2.24, 2.45) is 52.8 Å². The summed E-state index contributed by atoms with van der Waals surface area (Å²) in [5.41, 5.74) is -0.133. The molecule has 5 aliphatic rings. The van der Waals surface area contributed by atoms with Crippen LogP contribution in [0, 0.1) is 52.8 Å². The van der Waals surface area contributed by atoms with E-state index in [0.29, 0.717) is 22.9 Å². The number of ketones is 1. The number of carbonyl (C=O) groups is 1. The SMILES string of the molecule is C[C@@]1(O)CC[C@H]2[C@H](CC[C@H]3C4[C@@H]5C[C@@H]5[C@H](C(=O)CBr)[C@@]4(C)CC[C@H]23)C1. The molecular weight excluding hydrogens is 376 g/mol. The average Bonchev–Trinajstić information content (AvgIpc) is 3.27. The number of hydrogen-bond donors (Lipinski definition) is 1. The zero-order chi connectivity index (χ0) is 17.6. The zero-order valence-corrected chi connectivity index (χ0v) is 17.3. The van der Waals surface area contributed by atoms with Crippen molar-refractivity contribution in [1.29, 1.82) is 0 Å². The van der Waals surface area contributed by atoms with E-state index >= 15 is 0 Å². The van der Waals surface area contributed by atoms with Crippen molar-refractivity contribution < 1.29 is 9.90 Å². The van der Waals surface area contributed by atoms with Crippen LogP contribution in [-0.4, -0.2) is 21.8 Å². The van der Waals surface area contributed by atoms with Crippen LogP contribution in [0.3, 0.4) is 0 Å². The second kappa shape index (κ2) is 5.56. The molecule has 5 saturated carbocycles. The van der Waals surface area contributed by atoms with Crippen LogP contribution in [0.2, 0.25) is 0 Å². The molecule has 2 nitrogen and oxygen atoms in total. The van der Waals surface area contributed by atoms with Gasteiger partial charge in [0.15, 0.2) is 0 Å². The summed E-state index contributed by atoms with van der Waals surface area (Å²) in [5, 5.41) is 11.1. The van der Waals surface area contributed by atoms with Gasteiger partial charge in [-0.25, -0.2) is 0 Å². The first-order valence-corrected chi connectivity index (χ1v) is 11.8. The van der Waals surface area contributed by atoms with E-state index in [4.69, 9.17) is 0 Å². The number of halogens is 1. The fourth-order valence-corrected chi connectivity index (χ4v) is 9.09. The molecule has 3 heteroatoms. The van der Waals surface area contributed by atoms with Gasteiger partial charge in [0.05, 0.1) is 10.9 Å². The number of hydrogen-bond acceptors (Lipinski definition) is 2. The maximum Gasteiger partial charge on any atom is 0.147 e. The number of aliphatic hydroxyl groups is 1. The Kier molecular flexibility index (Phi) is 3.83. The van der Waals surface area contributed by atoms with E-state index in [1.807, 2.05) is 0 Å². The van der Waals surface area contributed by atoms with Crippen molar-refractivity contribution in [3.8, 4) is 0 Å². The number of fused-ring (bicyclic) bond motifs is 7. The number of carbonyl (C=O) groups excluding carboxylic acids is 1. The van der Waals surface area contributed by atoms with Crippen molar-refractivity contribution >= 4 is 21.7 Å². The Labute approximate surface area is 160 Å². The standard InChI is InChI=1S/C22H33BrO2/c1-21(25)7-5-13-12(10-21)3-4-15-14(13)6-8-22(2)19(15)16-9-17(16)20(22)18(24)11-23/h12-17,19-20,25H,3-11H2,1-2H3/t12-,13+,14-,15-,16-,17+,19?,20-,21-,22+/m1/s1. The Morgan fingerprint density at radius 3 is 2.52 bits per heavy atom. The van der Waals surface area contributed by atoms with Crippen molar-refractivity contribution in [3.05, 3.63) is 0 Å². The van der Waals surface area contributed by atoms with E-state index < -0.39 is 5.60 Å². The maximum absolute atomic E-state index is 12.7. The summed E-state index contributed by atoms with van der Waals surface area (Å²) in [6.45, 7) is 4.53. The number of rotatable bonds is 2. The first-order chi connectivity index (χ1) is 11.9. The third kappa shape index (κ3) is 2.40. The average molecular weight is 409 g/mol. The molecule has 25 heavy (non-hydrogen) atoms. The van der Waals surface area contributed by atoms with Gasteiger partial charge >= 0.3 is 0 Å². The van der Waals surface area contributed by atoms with Gasteiger partial charge in [0.1, 0.15) is 5.78 Å². The molecule has 0 heterocycles. The van der Waals surface area contributed by atoms with E-state index in [2.05, 4.69) is 29.8 Å². The van der Waals surface area contributed by atoms with Gasteiger partial charge in [-0.05, 0) is 105 Å². The third-order valence-corrected chi connectivity index (χ3v) is 10.1. The topological polar surface area (TPSA) is 37.3 Å². The lowest BCUT2D eigenvalue weighted by atomic mass is 9.48. The van der Waals surface area contributed by atoms with E-state index in [9.17, 15) is 9.90 Å². The van der Waals surface area contributed by atoms with Gasteiger partial charge < -0.3 is 5.11 Å². The van der Waals surface area contributed by atoms with Gasteiger partial charge in [0, 0.05) is 5.92 Å². The minimum Gasteiger partial charge on any atom is -0.390 e. The molecule has 5 rings (SSSR count). The molecule has 0 aromatic heterocycles. The third-order valence-electron chi connectivity index (χ3n) is 9.50. The summed E-state index contributed by atoms with van der Waals surface area (Å²) in [4.78, 5) is 12.7. The van der Waals surface area contributed by atoms with Crippen molar-refractivity contribution in [3.63, 3.8) is 0 Å². The van der Waals surface area contributed by atoms with E-state index in [1.54, 1.807) is 0 Å². The maximum atomic E-state index is 12.7. The van der Waals surface area contributed by atoms with Crippen LogP contribution in [0.25, 0.3) is 0 Å². The number of Topliss-reactive ketones (excluding diaryl/α,β-unsaturated/α-hetero) is 1. The lowest BCUT2D eigenvalue weighted by Gasteiger charge is -2.57. The molecule has 0 saturated heterocycles. The van der Waals surface area contributed by atoms with Gasteiger partial charge in [0.2, 0.25) is 0 Å². The number of alkyl halides is 1. The Balaban J connectivity index is 1.41. The predicted molar refractivity (Wildman–Crippen MR) is 102 cm³/mol. The molecule has 10 atom stereocenters. The van der Waals surface area contributed by atoms with Crippen LogP contribution >= 0.6 is 15.9 Å². The summed E-state index contributed by atoms with van der Waals surface area (Å²) in [5.74, 6) is 6.56. The summed E-state index contributed by atoms with van der Waals surface area (Å²) in [6, 6.07) is 0. The fraction of sp³-hybridized carbons (Fsp3) is 0.955. The molecule has 0 spiro atoms. The molecule has 140 valence electrons. The summed E-state index contributed by atoms with van der Waals surface area (Å²) >= 11 is 3.46. The fourth-order valence-electron chi connectivity index (χ4n) is 8.74. The Hall–Kier alpha value is 0.110. The minimum absolute atomic E-state index is 0.284. The van der Waals surface area contributed by atoms with Gasteiger partial charge in [-0.3, -0.25) is 4.79 Å².